The molecule has 3 aromatic rings. The monoisotopic (exact) mass is 647 g/mol. The Labute approximate surface area is 247 Å². The van der Waals surface area contributed by atoms with Crippen molar-refractivity contribution in [1.82, 2.24) is 10.2 Å². The molecule has 1 atom stereocenters. The smallest absolute Gasteiger partial charge is 0.264 e. The zero-order valence-corrected chi connectivity index (χ0v) is 25.1. The van der Waals surface area contributed by atoms with Crippen LogP contribution in [0.4, 0.5) is 10.1 Å². The van der Waals surface area contributed by atoms with Gasteiger partial charge in [-0.25, -0.2) is 12.8 Å². The SMILES string of the molecule is CCCNC(=O)[C@H](C)N(Cc1cccc(Br)c1)C(=O)CN(c1ccc(F)cc1)S(=O)(=O)c1ccc2c(c1)OCCO2. The number of ether oxygens (including phenoxy) is 2. The predicted molar refractivity (Wildman–Crippen MR) is 156 cm³/mol. The maximum atomic E-state index is 14.0. The summed E-state index contributed by atoms with van der Waals surface area (Å²) >= 11 is 3.42. The van der Waals surface area contributed by atoms with Crippen LogP contribution in [0.2, 0.25) is 0 Å². The van der Waals surface area contributed by atoms with E-state index in [0.717, 1.165) is 26.5 Å². The topological polar surface area (TPSA) is 105 Å². The van der Waals surface area contributed by atoms with Crippen molar-refractivity contribution in [2.24, 2.45) is 0 Å². The van der Waals surface area contributed by atoms with Crippen LogP contribution in [0, 0.1) is 5.82 Å². The van der Waals surface area contributed by atoms with Crippen LogP contribution < -0.4 is 19.1 Å². The molecule has 0 aliphatic carbocycles. The van der Waals surface area contributed by atoms with Gasteiger partial charge in [-0.1, -0.05) is 35.0 Å². The third-order valence-electron chi connectivity index (χ3n) is 6.45. The highest BCUT2D eigenvalue weighted by Gasteiger charge is 2.33. The van der Waals surface area contributed by atoms with Crippen molar-refractivity contribution in [1.29, 1.82) is 0 Å². The Morgan fingerprint density at radius 3 is 2.41 bits per heavy atom. The minimum Gasteiger partial charge on any atom is -0.486 e. The molecular formula is C29H31BrFN3O6S. The van der Waals surface area contributed by atoms with Crippen molar-refractivity contribution in [2.75, 3.05) is 30.6 Å². The van der Waals surface area contributed by atoms with Crippen LogP contribution in [0.25, 0.3) is 0 Å². The average Bonchev–Trinajstić information content (AvgIpc) is 2.97. The number of carbonyl (C=O) groups is 2. The molecule has 0 aromatic heterocycles. The second kappa shape index (κ2) is 13.3. The molecular weight excluding hydrogens is 617 g/mol. The summed E-state index contributed by atoms with van der Waals surface area (Å²) in [5.41, 5.74) is 0.825. The van der Waals surface area contributed by atoms with Gasteiger partial charge in [0.25, 0.3) is 10.0 Å². The van der Waals surface area contributed by atoms with Crippen molar-refractivity contribution >= 4 is 43.5 Å². The van der Waals surface area contributed by atoms with Gasteiger partial charge in [0.15, 0.2) is 11.5 Å². The summed E-state index contributed by atoms with van der Waals surface area (Å²) in [4.78, 5) is 28.1. The highest BCUT2D eigenvalue weighted by molar-refractivity contribution is 9.10. The fourth-order valence-electron chi connectivity index (χ4n) is 4.26. The molecule has 3 aromatic carbocycles. The number of sulfonamides is 1. The van der Waals surface area contributed by atoms with E-state index in [0.29, 0.717) is 25.3 Å². The Kier molecular flexibility index (Phi) is 9.87. The molecule has 0 fully saturated rings. The zero-order chi connectivity index (χ0) is 29.6. The first kappa shape index (κ1) is 30.3. The lowest BCUT2D eigenvalue weighted by atomic mass is 10.1. The van der Waals surface area contributed by atoms with Gasteiger partial charge in [0, 0.05) is 23.6 Å². The molecule has 41 heavy (non-hydrogen) atoms. The second-order valence-corrected chi connectivity index (χ2v) is 12.2. The van der Waals surface area contributed by atoms with E-state index in [1.165, 1.54) is 35.2 Å². The number of benzene rings is 3. The van der Waals surface area contributed by atoms with Gasteiger partial charge >= 0.3 is 0 Å². The molecule has 0 bridgehead atoms. The van der Waals surface area contributed by atoms with E-state index in [1.54, 1.807) is 13.0 Å². The van der Waals surface area contributed by atoms with Crippen LogP contribution in [0.3, 0.4) is 0 Å². The summed E-state index contributed by atoms with van der Waals surface area (Å²) < 4.78 is 54.6. The number of hydrogen-bond donors (Lipinski definition) is 1. The summed E-state index contributed by atoms with van der Waals surface area (Å²) in [5, 5.41) is 2.80. The van der Waals surface area contributed by atoms with E-state index in [-0.39, 0.29) is 35.4 Å². The summed E-state index contributed by atoms with van der Waals surface area (Å²) in [6.07, 6.45) is 0.712. The zero-order valence-electron chi connectivity index (χ0n) is 22.7. The van der Waals surface area contributed by atoms with E-state index in [9.17, 15) is 22.4 Å². The number of anilines is 1. The Balaban J connectivity index is 1.71. The van der Waals surface area contributed by atoms with Crippen molar-refractivity contribution in [3.05, 3.63) is 82.6 Å². The highest BCUT2D eigenvalue weighted by atomic mass is 79.9. The van der Waals surface area contributed by atoms with E-state index in [4.69, 9.17) is 9.47 Å². The number of hydrogen-bond acceptors (Lipinski definition) is 6. The predicted octanol–water partition coefficient (Wildman–Crippen LogP) is 4.50. The Morgan fingerprint density at radius 1 is 1.02 bits per heavy atom. The number of carbonyl (C=O) groups excluding carboxylic acids is 2. The minimum atomic E-state index is -4.35. The first-order valence-corrected chi connectivity index (χ1v) is 15.3. The van der Waals surface area contributed by atoms with Crippen LogP contribution in [-0.4, -0.2) is 57.5 Å². The van der Waals surface area contributed by atoms with E-state index in [2.05, 4.69) is 21.2 Å². The highest BCUT2D eigenvalue weighted by Crippen LogP contribution is 2.34. The lowest BCUT2D eigenvalue weighted by molar-refractivity contribution is -0.139. The molecule has 1 aliphatic rings. The van der Waals surface area contributed by atoms with Gasteiger partial charge in [-0.05, 0) is 67.4 Å². The first-order chi connectivity index (χ1) is 19.6. The van der Waals surface area contributed by atoms with E-state index in [1.807, 2.05) is 25.1 Å². The fraction of sp³-hybridized carbons (Fsp3) is 0.310. The van der Waals surface area contributed by atoms with Gasteiger partial charge in [0.05, 0.1) is 10.6 Å². The second-order valence-electron chi connectivity index (χ2n) is 9.41. The molecule has 4 rings (SSSR count). The van der Waals surface area contributed by atoms with Gasteiger partial charge in [-0.15, -0.1) is 0 Å². The molecule has 2 amide bonds. The quantitative estimate of drug-likeness (QED) is 0.329. The van der Waals surface area contributed by atoms with Gasteiger partial charge < -0.3 is 19.7 Å². The molecule has 0 unspecified atom stereocenters. The summed E-state index contributed by atoms with van der Waals surface area (Å²) in [6.45, 7) is 3.97. The summed E-state index contributed by atoms with van der Waals surface area (Å²) in [5.74, 6) is -0.867. The third-order valence-corrected chi connectivity index (χ3v) is 8.72. The molecule has 218 valence electrons. The maximum absolute atomic E-state index is 14.0. The summed E-state index contributed by atoms with van der Waals surface area (Å²) in [7, 11) is -4.35. The Hall–Kier alpha value is -3.64. The Morgan fingerprint density at radius 2 is 1.73 bits per heavy atom. The van der Waals surface area contributed by atoms with Crippen molar-refractivity contribution in [2.45, 2.75) is 37.8 Å². The van der Waals surface area contributed by atoms with Crippen LogP contribution in [-0.2, 0) is 26.2 Å². The minimum absolute atomic E-state index is 0.0559. The number of nitrogens with one attached hydrogen (secondary N) is 1. The lowest BCUT2D eigenvalue weighted by Crippen LogP contribution is -2.51. The van der Waals surface area contributed by atoms with Crippen molar-refractivity contribution < 1.29 is 31.9 Å². The van der Waals surface area contributed by atoms with Gasteiger partial charge in [-0.3, -0.25) is 13.9 Å². The molecule has 1 heterocycles. The van der Waals surface area contributed by atoms with Crippen molar-refractivity contribution in [3.8, 4) is 11.5 Å². The summed E-state index contributed by atoms with van der Waals surface area (Å²) in [6, 6.07) is 15.4. The number of rotatable bonds is 11. The number of halogens is 2. The molecule has 0 saturated carbocycles. The van der Waals surface area contributed by atoms with E-state index < -0.39 is 34.3 Å². The largest absolute Gasteiger partial charge is 0.486 e. The Bertz CT molecular complexity index is 1500. The van der Waals surface area contributed by atoms with E-state index >= 15 is 0 Å². The maximum Gasteiger partial charge on any atom is 0.264 e. The molecule has 1 aliphatic heterocycles. The lowest BCUT2D eigenvalue weighted by Gasteiger charge is -2.32. The molecule has 12 heteroatoms. The molecule has 0 saturated heterocycles. The van der Waals surface area contributed by atoms with Crippen LogP contribution in [0.15, 0.2) is 76.1 Å². The molecule has 1 N–H and O–H groups in total. The molecule has 0 radical (unpaired) electrons. The molecule has 9 nitrogen and oxygen atoms in total. The van der Waals surface area contributed by atoms with Gasteiger partial charge in [0.1, 0.15) is 31.6 Å². The first-order valence-electron chi connectivity index (χ1n) is 13.1. The normalized spacial score (nSPS) is 13.3. The standard InChI is InChI=1S/C29H31BrFN3O6S/c1-3-13-32-29(36)20(2)33(18-21-5-4-6-22(30)16-21)28(35)19-34(24-9-7-23(31)8-10-24)41(37,38)25-11-12-26-27(17-25)40-15-14-39-26/h4-12,16-17,20H,3,13-15,18-19H2,1-2H3,(H,32,36)/t20-/m0/s1. The number of amides is 2. The van der Waals surface area contributed by atoms with Gasteiger partial charge in [-0.2, -0.15) is 0 Å². The van der Waals surface area contributed by atoms with Crippen LogP contribution in [0.5, 0.6) is 11.5 Å². The number of nitrogens with zero attached hydrogens (tertiary/aromatic N) is 2. The van der Waals surface area contributed by atoms with Crippen molar-refractivity contribution in [3.63, 3.8) is 0 Å². The third kappa shape index (κ3) is 7.36. The number of fused-ring (bicyclic) bond motifs is 1. The van der Waals surface area contributed by atoms with Crippen LogP contribution in [0.1, 0.15) is 25.8 Å². The fourth-order valence-corrected chi connectivity index (χ4v) is 6.13. The van der Waals surface area contributed by atoms with Crippen LogP contribution >= 0.6 is 15.9 Å². The molecule has 0 spiro atoms. The average molecular weight is 649 g/mol. The van der Waals surface area contributed by atoms with Gasteiger partial charge in [0.2, 0.25) is 11.8 Å².